The zero-order chi connectivity index (χ0) is 24.8. The minimum atomic E-state index is -4.55. The SMILES string of the molecule is O=C(NCc1ccc(Cl)c(Nc2nc3ccccc3n2-c2ccc(Br)cc2)c1)C1(C(F)(F)F)CC1. The third-order valence-corrected chi connectivity index (χ3v) is 6.96. The molecule has 180 valence electrons. The maximum atomic E-state index is 13.2. The van der Waals surface area contributed by atoms with Gasteiger partial charge in [-0.05, 0) is 66.9 Å². The molecule has 1 saturated carbocycles. The fourth-order valence-electron chi connectivity index (χ4n) is 3.98. The highest BCUT2D eigenvalue weighted by molar-refractivity contribution is 9.10. The number of carbonyl (C=O) groups is 1. The number of benzene rings is 3. The van der Waals surface area contributed by atoms with Crippen molar-refractivity contribution >= 4 is 56.1 Å². The summed E-state index contributed by atoms with van der Waals surface area (Å²) in [5.74, 6) is -0.475. The number of imidazole rings is 1. The van der Waals surface area contributed by atoms with Crippen LogP contribution in [0.2, 0.25) is 5.02 Å². The molecule has 0 atom stereocenters. The first-order chi connectivity index (χ1) is 16.7. The van der Waals surface area contributed by atoms with Gasteiger partial charge in [0.2, 0.25) is 11.9 Å². The van der Waals surface area contributed by atoms with E-state index in [9.17, 15) is 18.0 Å². The van der Waals surface area contributed by atoms with Crippen molar-refractivity contribution in [2.24, 2.45) is 5.41 Å². The molecule has 4 aromatic rings. The molecule has 0 aliphatic heterocycles. The predicted octanol–water partition coefficient (Wildman–Crippen LogP) is 7.14. The number of carbonyl (C=O) groups excluding carboxylic acids is 1. The first-order valence-corrected chi connectivity index (χ1v) is 12.0. The predicted molar refractivity (Wildman–Crippen MR) is 133 cm³/mol. The second kappa shape index (κ2) is 8.87. The Kier molecular flexibility index (Phi) is 6.01. The molecule has 1 amide bonds. The lowest BCUT2D eigenvalue weighted by molar-refractivity contribution is -0.192. The number of alkyl halides is 3. The number of para-hydroxylation sites is 2. The van der Waals surface area contributed by atoms with E-state index in [0.717, 1.165) is 21.2 Å². The van der Waals surface area contributed by atoms with Crippen LogP contribution in [-0.2, 0) is 11.3 Å². The lowest BCUT2D eigenvalue weighted by Crippen LogP contribution is -2.40. The van der Waals surface area contributed by atoms with Crippen LogP contribution in [0.1, 0.15) is 18.4 Å². The number of nitrogens with one attached hydrogen (secondary N) is 2. The molecule has 1 fully saturated rings. The molecule has 0 unspecified atom stereocenters. The number of fused-ring (bicyclic) bond motifs is 1. The van der Waals surface area contributed by atoms with Crippen LogP contribution in [-0.4, -0.2) is 21.6 Å². The van der Waals surface area contributed by atoms with E-state index < -0.39 is 17.5 Å². The van der Waals surface area contributed by atoms with Crippen molar-refractivity contribution in [2.45, 2.75) is 25.6 Å². The Hall–Kier alpha value is -3.04. The molecule has 5 nitrogen and oxygen atoms in total. The third-order valence-electron chi connectivity index (χ3n) is 6.10. The standard InChI is InChI=1S/C25H19BrClF3N4O/c26-16-6-8-17(9-7-16)34-21-4-2-1-3-19(21)32-23(34)33-20-13-15(5-10-18(20)27)14-31-22(35)24(11-12-24)25(28,29)30/h1-10,13H,11-12,14H2,(H,31,35)(H,32,33). The number of rotatable bonds is 6. The van der Waals surface area contributed by atoms with Crippen LogP contribution in [0.3, 0.4) is 0 Å². The summed E-state index contributed by atoms with van der Waals surface area (Å²) >= 11 is 9.88. The van der Waals surface area contributed by atoms with Crippen LogP contribution < -0.4 is 10.6 Å². The third kappa shape index (κ3) is 4.50. The van der Waals surface area contributed by atoms with E-state index in [2.05, 4.69) is 26.6 Å². The van der Waals surface area contributed by atoms with Gasteiger partial charge in [0.25, 0.3) is 0 Å². The molecular formula is C25H19BrClF3N4O. The topological polar surface area (TPSA) is 59.0 Å². The van der Waals surface area contributed by atoms with Crippen molar-refractivity contribution in [1.82, 2.24) is 14.9 Å². The second-order valence-electron chi connectivity index (χ2n) is 8.44. The molecule has 3 aromatic carbocycles. The van der Waals surface area contributed by atoms with Gasteiger partial charge in [0.05, 0.1) is 21.7 Å². The van der Waals surface area contributed by atoms with E-state index in [1.54, 1.807) is 18.2 Å². The van der Waals surface area contributed by atoms with E-state index in [1.807, 2.05) is 53.1 Å². The van der Waals surface area contributed by atoms with Crippen molar-refractivity contribution in [3.8, 4) is 5.69 Å². The number of anilines is 2. The van der Waals surface area contributed by atoms with E-state index in [4.69, 9.17) is 16.6 Å². The Balaban J connectivity index is 1.43. The first kappa shape index (κ1) is 23.7. The Bertz CT molecular complexity index is 1410. The minimum absolute atomic E-state index is 0.0500. The first-order valence-electron chi connectivity index (χ1n) is 10.8. The number of hydrogen-bond acceptors (Lipinski definition) is 3. The lowest BCUT2D eigenvalue weighted by atomic mass is 10.1. The molecule has 1 aliphatic rings. The number of nitrogens with zero attached hydrogens (tertiary/aromatic N) is 2. The number of hydrogen-bond donors (Lipinski definition) is 2. The molecule has 0 spiro atoms. The van der Waals surface area contributed by atoms with Gasteiger partial charge in [0, 0.05) is 16.7 Å². The maximum absolute atomic E-state index is 13.2. The smallest absolute Gasteiger partial charge is 0.351 e. The van der Waals surface area contributed by atoms with Gasteiger partial charge >= 0.3 is 6.18 Å². The fourth-order valence-corrected chi connectivity index (χ4v) is 4.40. The summed E-state index contributed by atoms with van der Waals surface area (Å²) < 4.78 is 42.5. The van der Waals surface area contributed by atoms with Gasteiger partial charge in [-0.1, -0.05) is 45.7 Å². The Morgan fingerprint density at radius 1 is 1.09 bits per heavy atom. The highest BCUT2D eigenvalue weighted by Gasteiger charge is 2.68. The van der Waals surface area contributed by atoms with Crippen molar-refractivity contribution in [3.63, 3.8) is 0 Å². The molecule has 5 rings (SSSR count). The van der Waals surface area contributed by atoms with Crippen LogP contribution in [0.15, 0.2) is 71.2 Å². The summed E-state index contributed by atoms with van der Waals surface area (Å²) in [5, 5.41) is 6.09. The Morgan fingerprint density at radius 2 is 1.80 bits per heavy atom. The van der Waals surface area contributed by atoms with Crippen molar-refractivity contribution in [1.29, 1.82) is 0 Å². The molecule has 35 heavy (non-hydrogen) atoms. The van der Waals surface area contributed by atoms with E-state index in [0.29, 0.717) is 22.2 Å². The average molecular weight is 564 g/mol. The van der Waals surface area contributed by atoms with Gasteiger partial charge in [-0.2, -0.15) is 13.2 Å². The van der Waals surface area contributed by atoms with Crippen molar-refractivity contribution in [3.05, 3.63) is 81.8 Å². The summed E-state index contributed by atoms with van der Waals surface area (Å²) in [4.78, 5) is 16.9. The van der Waals surface area contributed by atoms with Crippen LogP contribution in [0.25, 0.3) is 16.7 Å². The quantitative estimate of drug-likeness (QED) is 0.262. The van der Waals surface area contributed by atoms with Crippen LogP contribution in [0, 0.1) is 5.41 Å². The zero-order valence-electron chi connectivity index (χ0n) is 18.2. The minimum Gasteiger partial charge on any atom is -0.351 e. The number of aromatic nitrogens is 2. The summed E-state index contributed by atoms with van der Waals surface area (Å²) in [6, 6.07) is 20.4. The van der Waals surface area contributed by atoms with E-state index >= 15 is 0 Å². The number of halogens is 5. The van der Waals surface area contributed by atoms with E-state index in [1.165, 1.54) is 0 Å². The summed E-state index contributed by atoms with van der Waals surface area (Å²) in [7, 11) is 0. The van der Waals surface area contributed by atoms with Gasteiger partial charge in [-0.3, -0.25) is 9.36 Å². The summed E-state index contributed by atoms with van der Waals surface area (Å²) in [6.45, 7) is -0.0500. The van der Waals surface area contributed by atoms with Crippen LogP contribution in [0.4, 0.5) is 24.8 Å². The van der Waals surface area contributed by atoms with Crippen molar-refractivity contribution < 1.29 is 18.0 Å². The Morgan fingerprint density at radius 3 is 2.49 bits per heavy atom. The van der Waals surface area contributed by atoms with Gasteiger partial charge in [0.1, 0.15) is 5.41 Å². The van der Waals surface area contributed by atoms with Gasteiger partial charge < -0.3 is 10.6 Å². The highest BCUT2D eigenvalue weighted by Crippen LogP contribution is 2.57. The largest absolute Gasteiger partial charge is 0.403 e. The molecule has 0 bridgehead atoms. The molecule has 0 radical (unpaired) electrons. The van der Waals surface area contributed by atoms with Crippen molar-refractivity contribution in [2.75, 3.05) is 5.32 Å². The molecular weight excluding hydrogens is 545 g/mol. The zero-order valence-corrected chi connectivity index (χ0v) is 20.5. The van der Waals surface area contributed by atoms with Crippen LogP contribution >= 0.6 is 27.5 Å². The summed E-state index contributed by atoms with van der Waals surface area (Å²) in [6.07, 6.45) is -4.90. The molecule has 1 aromatic heterocycles. The molecule has 0 saturated heterocycles. The normalized spacial score (nSPS) is 14.7. The van der Waals surface area contributed by atoms with Gasteiger partial charge in [-0.15, -0.1) is 0 Å². The maximum Gasteiger partial charge on any atom is 0.403 e. The van der Waals surface area contributed by atoms with E-state index in [-0.39, 0.29) is 19.4 Å². The van der Waals surface area contributed by atoms with Gasteiger partial charge in [0.15, 0.2) is 0 Å². The monoisotopic (exact) mass is 562 g/mol. The molecule has 10 heteroatoms. The summed E-state index contributed by atoms with van der Waals surface area (Å²) in [5.41, 5.74) is 1.42. The molecule has 2 N–H and O–H groups in total. The van der Waals surface area contributed by atoms with Crippen LogP contribution in [0.5, 0.6) is 0 Å². The number of amides is 1. The average Bonchev–Trinajstić information content (AvgIpc) is 3.57. The van der Waals surface area contributed by atoms with Gasteiger partial charge in [-0.25, -0.2) is 4.98 Å². The lowest BCUT2D eigenvalue weighted by Gasteiger charge is -2.19. The second-order valence-corrected chi connectivity index (χ2v) is 9.76. The fraction of sp³-hybridized carbons (Fsp3) is 0.200. The molecule has 1 heterocycles. The highest BCUT2D eigenvalue weighted by atomic mass is 79.9. The Labute approximate surface area is 212 Å². The molecule has 1 aliphatic carbocycles.